The van der Waals surface area contributed by atoms with E-state index in [1.165, 1.54) is 0 Å². The second kappa shape index (κ2) is 4.91. The summed E-state index contributed by atoms with van der Waals surface area (Å²) in [6, 6.07) is 8.50. The fourth-order valence-electron chi connectivity index (χ4n) is 1.73. The lowest BCUT2D eigenvalue weighted by atomic mass is 10.2. The van der Waals surface area contributed by atoms with Gasteiger partial charge < -0.3 is 10.0 Å². The Bertz CT molecular complexity index is 546. The van der Waals surface area contributed by atoms with Crippen LogP contribution >= 0.6 is 0 Å². The van der Waals surface area contributed by atoms with Crippen LogP contribution in [0.15, 0.2) is 36.5 Å². The second-order valence-electron chi connectivity index (χ2n) is 4.17. The van der Waals surface area contributed by atoms with Crippen molar-refractivity contribution in [2.24, 2.45) is 7.05 Å². The van der Waals surface area contributed by atoms with Gasteiger partial charge in [0, 0.05) is 26.8 Å². The van der Waals surface area contributed by atoms with Crippen LogP contribution in [0.1, 0.15) is 16.1 Å². The largest absolute Gasteiger partial charge is 0.508 e. The van der Waals surface area contributed by atoms with Crippen molar-refractivity contribution in [2.45, 2.75) is 6.54 Å². The van der Waals surface area contributed by atoms with Gasteiger partial charge in [0.25, 0.3) is 5.91 Å². The molecule has 0 aliphatic rings. The Balaban J connectivity index is 2.08. The summed E-state index contributed by atoms with van der Waals surface area (Å²) in [5, 5.41) is 13.2. The average Bonchev–Trinajstić information content (AvgIpc) is 2.77. The predicted octanol–water partition coefficient (Wildman–Crippen LogP) is 1.40. The number of aromatic nitrogens is 2. The number of amides is 1. The Morgan fingerprint density at radius 1 is 1.33 bits per heavy atom. The molecule has 1 aromatic carbocycles. The number of phenolic OH excluding ortho intramolecular Hbond substituents is 1. The highest BCUT2D eigenvalue weighted by atomic mass is 16.3. The number of hydrogen-bond donors (Lipinski definition) is 1. The van der Waals surface area contributed by atoms with E-state index in [0.717, 1.165) is 5.56 Å². The van der Waals surface area contributed by atoms with E-state index in [2.05, 4.69) is 5.10 Å². The molecule has 2 rings (SSSR count). The van der Waals surface area contributed by atoms with Gasteiger partial charge in [0.1, 0.15) is 11.4 Å². The number of hydrogen-bond acceptors (Lipinski definition) is 3. The minimum absolute atomic E-state index is 0.0805. The standard InChI is InChI=1S/C13H15N3O2/c1-15(9-10-3-5-11(17)6-4-10)13(18)12-7-8-14-16(12)2/h3-8,17H,9H2,1-2H3. The fourth-order valence-corrected chi connectivity index (χ4v) is 1.73. The molecule has 0 saturated carbocycles. The first-order chi connectivity index (χ1) is 8.58. The zero-order chi connectivity index (χ0) is 13.1. The van der Waals surface area contributed by atoms with Crippen LogP contribution in [-0.2, 0) is 13.6 Å². The molecule has 2 aromatic rings. The van der Waals surface area contributed by atoms with Crippen LogP contribution in [0.3, 0.4) is 0 Å². The van der Waals surface area contributed by atoms with Gasteiger partial charge in [0.05, 0.1) is 0 Å². The summed E-state index contributed by atoms with van der Waals surface area (Å²) < 4.78 is 1.55. The zero-order valence-corrected chi connectivity index (χ0v) is 10.4. The normalized spacial score (nSPS) is 10.3. The topological polar surface area (TPSA) is 58.4 Å². The Kier molecular flexibility index (Phi) is 3.32. The van der Waals surface area contributed by atoms with Gasteiger partial charge in [-0.3, -0.25) is 9.48 Å². The maximum Gasteiger partial charge on any atom is 0.272 e. The van der Waals surface area contributed by atoms with Crippen LogP contribution in [0.2, 0.25) is 0 Å². The number of benzene rings is 1. The van der Waals surface area contributed by atoms with Gasteiger partial charge in [-0.1, -0.05) is 12.1 Å². The average molecular weight is 245 g/mol. The monoisotopic (exact) mass is 245 g/mol. The van der Waals surface area contributed by atoms with Crippen molar-refractivity contribution in [1.82, 2.24) is 14.7 Å². The molecule has 0 spiro atoms. The molecule has 0 unspecified atom stereocenters. The summed E-state index contributed by atoms with van der Waals surface area (Å²) in [7, 11) is 3.48. The van der Waals surface area contributed by atoms with Crippen molar-refractivity contribution in [3.05, 3.63) is 47.8 Å². The molecule has 1 aromatic heterocycles. The third-order valence-corrected chi connectivity index (χ3v) is 2.74. The molecule has 0 fully saturated rings. The number of carbonyl (C=O) groups excluding carboxylic acids is 1. The molecule has 1 N–H and O–H groups in total. The lowest BCUT2D eigenvalue weighted by Gasteiger charge is -2.17. The number of rotatable bonds is 3. The maximum absolute atomic E-state index is 12.1. The van der Waals surface area contributed by atoms with E-state index in [9.17, 15) is 9.90 Å². The molecule has 18 heavy (non-hydrogen) atoms. The molecule has 1 amide bonds. The molecule has 0 saturated heterocycles. The van der Waals surface area contributed by atoms with Gasteiger partial charge in [-0.05, 0) is 23.8 Å². The molecule has 0 atom stereocenters. The first kappa shape index (κ1) is 12.2. The van der Waals surface area contributed by atoms with Crippen molar-refractivity contribution in [1.29, 1.82) is 0 Å². The van der Waals surface area contributed by atoms with Crippen LogP contribution < -0.4 is 0 Å². The van der Waals surface area contributed by atoms with E-state index in [1.54, 1.807) is 60.2 Å². The van der Waals surface area contributed by atoms with Crippen molar-refractivity contribution in [3.8, 4) is 5.75 Å². The van der Waals surface area contributed by atoms with Crippen LogP contribution in [-0.4, -0.2) is 32.7 Å². The van der Waals surface area contributed by atoms with Gasteiger partial charge in [0.2, 0.25) is 0 Å². The van der Waals surface area contributed by atoms with Gasteiger partial charge in [-0.15, -0.1) is 0 Å². The Labute approximate surface area is 105 Å². The number of aromatic hydroxyl groups is 1. The summed E-state index contributed by atoms with van der Waals surface area (Å²) in [6.07, 6.45) is 1.60. The highest BCUT2D eigenvalue weighted by molar-refractivity contribution is 5.92. The number of phenols is 1. The third kappa shape index (κ3) is 2.51. The van der Waals surface area contributed by atoms with E-state index >= 15 is 0 Å². The molecule has 1 heterocycles. The number of aryl methyl sites for hydroxylation is 1. The predicted molar refractivity (Wildman–Crippen MR) is 67.1 cm³/mol. The van der Waals surface area contributed by atoms with Crippen molar-refractivity contribution in [3.63, 3.8) is 0 Å². The smallest absolute Gasteiger partial charge is 0.272 e. The molecular weight excluding hydrogens is 230 g/mol. The van der Waals surface area contributed by atoms with Crippen LogP contribution in [0.25, 0.3) is 0 Å². The third-order valence-electron chi connectivity index (χ3n) is 2.74. The summed E-state index contributed by atoms with van der Waals surface area (Å²) in [4.78, 5) is 13.7. The lowest BCUT2D eigenvalue weighted by molar-refractivity contribution is 0.0774. The van der Waals surface area contributed by atoms with Crippen molar-refractivity contribution >= 4 is 5.91 Å². The number of carbonyl (C=O) groups is 1. The summed E-state index contributed by atoms with van der Waals surface area (Å²) in [6.45, 7) is 0.490. The molecule has 0 aliphatic carbocycles. The van der Waals surface area contributed by atoms with Crippen LogP contribution in [0, 0.1) is 0 Å². The van der Waals surface area contributed by atoms with Gasteiger partial charge >= 0.3 is 0 Å². The van der Waals surface area contributed by atoms with Crippen LogP contribution in [0.5, 0.6) is 5.75 Å². The lowest BCUT2D eigenvalue weighted by Crippen LogP contribution is -2.28. The molecule has 5 nitrogen and oxygen atoms in total. The summed E-state index contributed by atoms with van der Waals surface area (Å²) in [5.41, 5.74) is 1.52. The summed E-state index contributed by atoms with van der Waals surface area (Å²) in [5.74, 6) is 0.141. The molecular formula is C13H15N3O2. The van der Waals surface area contributed by atoms with E-state index in [-0.39, 0.29) is 11.7 Å². The first-order valence-electron chi connectivity index (χ1n) is 5.59. The van der Waals surface area contributed by atoms with Crippen LogP contribution in [0.4, 0.5) is 0 Å². The highest BCUT2D eigenvalue weighted by Gasteiger charge is 2.15. The van der Waals surface area contributed by atoms with E-state index in [1.807, 2.05) is 0 Å². The maximum atomic E-state index is 12.1. The summed E-state index contributed by atoms with van der Waals surface area (Å²) >= 11 is 0. The van der Waals surface area contributed by atoms with Gasteiger partial charge in [-0.25, -0.2) is 0 Å². The van der Waals surface area contributed by atoms with E-state index < -0.39 is 0 Å². The number of nitrogens with zero attached hydrogens (tertiary/aromatic N) is 3. The molecule has 5 heteroatoms. The van der Waals surface area contributed by atoms with Gasteiger partial charge in [-0.2, -0.15) is 5.10 Å². The molecule has 0 radical (unpaired) electrons. The highest BCUT2D eigenvalue weighted by Crippen LogP contribution is 2.12. The van der Waals surface area contributed by atoms with Crippen molar-refractivity contribution in [2.75, 3.05) is 7.05 Å². The second-order valence-corrected chi connectivity index (χ2v) is 4.17. The fraction of sp³-hybridized carbons (Fsp3) is 0.231. The Morgan fingerprint density at radius 3 is 2.56 bits per heavy atom. The molecule has 94 valence electrons. The molecule has 0 bridgehead atoms. The minimum atomic E-state index is -0.0805. The molecule has 0 aliphatic heterocycles. The minimum Gasteiger partial charge on any atom is -0.508 e. The van der Waals surface area contributed by atoms with E-state index in [4.69, 9.17) is 0 Å². The SMILES string of the molecule is CN(Cc1ccc(O)cc1)C(=O)c1ccnn1C. The van der Waals surface area contributed by atoms with Gasteiger partial charge in [0.15, 0.2) is 0 Å². The quantitative estimate of drug-likeness (QED) is 0.889. The first-order valence-corrected chi connectivity index (χ1v) is 5.59. The van der Waals surface area contributed by atoms with Crippen molar-refractivity contribution < 1.29 is 9.90 Å². The Morgan fingerprint density at radius 2 is 2.00 bits per heavy atom. The zero-order valence-electron chi connectivity index (χ0n) is 10.4. The van der Waals surface area contributed by atoms with E-state index in [0.29, 0.717) is 12.2 Å². The Hall–Kier alpha value is -2.30.